The average molecular weight is 1070 g/mol. The molecule has 0 aromatic heterocycles. The van der Waals surface area contributed by atoms with Gasteiger partial charge in [0, 0.05) is 6.42 Å². The smallest absolute Gasteiger partial charge is 0.268 e. The second-order valence-electron chi connectivity index (χ2n) is 22.7. The van der Waals surface area contributed by atoms with Gasteiger partial charge in [-0.3, -0.25) is 9.36 Å². The third-order valence-electron chi connectivity index (χ3n) is 14.1. The molecule has 0 fully saturated rings. The van der Waals surface area contributed by atoms with Gasteiger partial charge in [0.05, 0.1) is 39.9 Å². The SMILES string of the molecule is CCCCCCC/C=C\C/C=C\C/C=C\CCCCCCCCCCCCCCCCCCCCCCCCC(=O)NC(COP(=O)([O-])OCC[N+](C)(C)C)C(O)/C=C/CC/C=C/CC/C=C/CCCCCCCC. The summed E-state index contributed by atoms with van der Waals surface area (Å²) >= 11 is 0. The molecular formula is C66H123N2O6P. The molecule has 0 radical (unpaired) electrons. The summed E-state index contributed by atoms with van der Waals surface area (Å²) in [5, 5.41) is 13.9. The van der Waals surface area contributed by atoms with Crippen LogP contribution in [0.25, 0.3) is 0 Å². The highest BCUT2D eigenvalue weighted by Gasteiger charge is 2.23. The molecule has 75 heavy (non-hydrogen) atoms. The van der Waals surface area contributed by atoms with Gasteiger partial charge >= 0.3 is 0 Å². The summed E-state index contributed by atoms with van der Waals surface area (Å²) < 4.78 is 23.3. The van der Waals surface area contributed by atoms with Gasteiger partial charge in [0.2, 0.25) is 5.91 Å². The number of allylic oxidation sites excluding steroid dienone is 11. The molecule has 438 valence electrons. The second-order valence-corrected chi connectivity index (χ2v) is 24.2. The quantitative estimate of drug-likeness (QED) is 0.0272. The Kier molecular flexibility index (Phi) is 55.1. The molecular weight excluding hydrogens is 948 g/mol. The van der Waals surface area contributed by atoms with Crippen LogP contribution < -0.4 is 10.2 Å². The number of hydrogen-bond acceptors (Lipinski definition) is 6. The van der Waals surface area contributed by atoms with Gasteiger partial charge in [0.1, 0.15) is 13.2 Å². The van der Waals surface area contributed by atoms with E-state index in [2.05, 4.69) is 79.9 Å². The fourth-order valence-electron chi connectivity index (χ4n) is 9.14. The van der Waals surface area contributed by atoms with Crippen molar-refractivity contribution in [2.75, 3.05) is 40.9 Å². The maximum Gasteiger partial charge on any atom is 0.268 e. The van der Waals surface area contributed by atoms with Crippen molar-refractivity contribution in [2.24, 2.45) is 0 Å². The van der Waals surface area contributed by atoms with Crippen molar-refractivity contribution in [3.8, 4) is 0 Å². The van der Waals surface area contributed by atoms with Gasteiger partial charge < -0.3 is 28.8 Å². The molecule has 1 amide bonds. The number of nitrogens with zero attached hydrogens (tertiary/aromatic N) is 1. The molecule has 0 aromatic carbocycles. The van der Waals surface area contributed by atoms with Crippen LogP contribution in [0.2, 0.25) is 0 Å². The standard InChI is InChI=1S/C66H123N2O6P/c1-6-8-10-12-14-16-18-20-22-24-25-26-27-28-29-30-31-32-33-34-35-36-37-38-39-40-41-42-43-44-46-48-50-52-54-56-58-60-66(70)67-64(63-74-75(71,72)73-62-61-68(3,4)5)65(69)59-57-55-53-51-49-47-45-23-21-19-17-15-13-11-9-7-2/h18,20-21,23-25,27-28,49,51,57,59,64-65,69H,6-17,19,22,26,29-48,50,52-56,58,60-63H2,1-5H3,(H-,67,70,71,72)/b20-18-,23-21+,25-24-,28-27-,51-49+,59-57+. The molecule has 2 N–H and O–H groups in total. The number of phosphoric ester groups is 1. The van der Waals surface area contributed by atoms with Crippen molar-refractivity contribution in [3.05, 3.63) is 72.9 Å². The highest BCUT2D eigenvalue weighted by atomic mass is 31.2. The Labute approximate surface area is 465 Å². The first-order valence-corrected chi connectivity index (χ1v) is 33.3. The number of nitrogens with one attached hydrogen (secondary N) is 1. The van der Waals surface area contributed by atoms with E-state index in [9.17, 15) is 19.4 Å². The molecule has 0 rings (SSSR count). The number of hydrogen-bond donors (Lipinski definition) is 2. The predicted octanol–water partition coefficient (Wildman–Crippen LogP) is 19.2. The van der Waals surface area contributed by atoms with E-state index >= 15 is 0 Å². The van der Waals surface area contributed by atoms with Crippen LogP contribution in [0.3, 0.4) is 0 Å². The molecule has 8 nitrogen and oxygen atoms in total. The van der Waals surface area contributed by atoms with Gasteiger partial charge in [-0.15, -0.1) is 0 Å². The Balaban J connectivity index is 4.00. The third kappa shape index (κ3) is 59.4. The number of likely N-dealkylation sites (N-methyl/N-ethyl adjacent to an activating group) is 1. The Morgan fingerprint density at radius 1 is 0.467 bits per heavy atom. The number of rotatable bonds is 58. The minimum atomic E-state index is -4.61. The number of unbranched alkanes of at least 4 members (excludes halogenated alkanes) is 35. The Morgan fingerprint density at radius 2 is 0.787 bits per heavy atom. The molecule has 3 unspecified atom stereocenters. The van der Waals surface area contributed by atoms with E-state index in [-0.39, 0.29) is 12.5 Å². The normalized spacial score (nSPS) is 14.3. The first-order valence-electron chi connectivity index (χ1n) is 31.8. The van der Waals surface area contributed by atoms with Gasteiger partial charge in [-0.05, 0) is 83.5 Å². The lowest BCUT2D eigenvalue weighted by Crippen LogP contribution is -2.45. The Bertz CT molecular complexity index is 1450. The Morgan fingerprint density at radius 3 is 1.17 bits per heavy atom. The number of carbonyl (C=O) groups is 1. The molecule has 0 saturated carbocycles. The number of carbonyl (C=O) groups excluding carboxylic acids is 1. The highest BCUT2D eigenvalue weighted by Crippen LogP contribution is 2.38. The molecule has 0 aliphatic heterocycles. The highest BCUT2D eigenvalue weighted by molar-refractivity contribution is 7.45. The summed E-state index contributed by atoms with van der Waals surface area (Å²) in [7, 11) is 1.24. The maximum absolute atomic E-state index is 13.0. The molecule has 3 atom stereocenters. The summed E-state index contributed by atoms with van der Waals surface area (Å²) in [5.41, 5.74) is 0. The number of aliphatic hydroxyl groups is 1. The predicted molar refractivity (Wildman–Crippen MR) is 325 cm³/mol. The van der Waals surface area contributed by atoms with Crippen molar-refractivity contribution in [3.63, 3.8) is 0 Å². The first-order chi connectivity index (χ1) is 36.5. The summed E-state index contributed by atoms with van der Waals surface area (Å²) in [6, 6.07) is -0.911. The van der Waals surface area contributed by atoms with Crippen LogP contribution in [0.1, 0.15) is 290 Å². The van der Waals surface area contributed by atoms with Gasteiger partial charge in [-0.25, -0.2) is 0 Å². The number of amides is 1. The van der Waals surface area contributed by atoms with Crippen molar-refractivity contribution >= 4 is 13.7 Å². The van der Waals surface area contributed by atoms with E-state index in [1.165, 1.54) is 212 Å². The van der Waals surface area contributed by atoms with E-state index in [0.717, 1.165) is 57.8 Å². The zero-order valence-electron chi connectivity index (χ0n) is 50.0. The molecule has 0 saturated heterocycles. The first kappa shape index (κ1) is 72.9. The largest absolute Gasteiger partial charge is 0.756 e. The fourth-order valence-corrected chi connectivity index (χ4v) is 9.86. The topological polar surface area (TPSA) is 108 Å². The van der Waals surface area contributed by atoms with E-state index in [1.54, 1.807) is 6.08 Å². The maximum atomic E-state index is 13.0. The van der Waals surface area contributed by atoms with E-state index in [1.807, 2.05) is 27.2 Å². The lowest BCUT2D eigenvalue weighted by molar-refractivity contribution is -0.870. The monoisotopic (exact) mass is 1070 g/mol. The van der Waals surface area contributed by atoms with Gasteiger partial charge in [0.25, 0.3) is 7.82 Å². The van der Waals surface area contributed by atoms with Gasteiger partial charge in [-0.2, -0.15) is 0 Å². The lowest BCUT2D eigenvalue weighted by Gasteiger charge is -2.29. The lowest BCUT2D eigenvalue weighted by atomic mass is 10.0. The zero-order chi connectivity index (χ0) is 54.9. The molecule has 9 heteroatoms. The van der Waals surface area contributed by atoms with Gasteiger partial charge in [0.15, 0.2) is 0 Å². The second kappa shape index (κ2) is 56.7. The molecule has 0 aliphatic rings. The minimum absolute atomic E-state index is 0.00969. The van der Waals surface area contributed by atoms with Crippen LogP contribution in [0, 0.1) is 0 Å². The molecule has 0 heterocycles. The number of aliphatic hydroxyl groups excluding tert-OH is 1. The Hall–Kier alpha value is -2.06. The van der Waals surface area contributed by atoms with Crippen LogP contribution in [-0.4, -0.2) is 68.5 Å². The van der Waals surface area contributed by atoms with Crippen molar-refractivity contribution in [1.82, 2.24) is 5.32 Å². The molecule has 0 aromatic rings. The van der Waals surface area contributed by atoms with Crippen LogP contribution in [0.5, 0.6) is 0 Å². The fraction of sp³-hybridized carbons (Fsp3) is 0.803. The molecule has 0 bridgehead atoms. The third-order valence-corrected chi connectivity index (χ3v) is 15.1. The summed E-state index contributed by atoms with van der Waals surface area (Å²) in [5.74, 6) is -0.209. The van der Waals surface area contributed by atoms with Gasteiger partial charge in [-0.1, -0.05) is 273 Å². The van der Waals surface area contributed by atoms with E-state index < -0.39 is 26.6 Å². The van der Waals surface area contributed by atoms with E-state index in [4.69, 9.17) is 9.05 Å². The van der Waals surface area contributed by atoms with Crippen molar-refractivity contribution in [2.45, 2.75) is 302 Å². The van der Waals surface area contributed by atoms with Crippen molar-refractivity contribution in [1.29, 1.82) is 0 Å². The molecule has 0 aliphatic carbocycles. The zero-order valence-corrected chi connectivity index (χ0v) is 50.9. The van der Waals surface area contributed by atoms with Crippen LogP contribution in [0.15, 0.2) is 72.9 Å². The van der Waals surface area contributed by atoms with Crippen LogP contribution in [-0.2, 0) is 18.4 Å². The summed E-state index contributed by atoms with van der Waals surface area (Å²) in [6.45, 7) is 4.61. The van der Waals surface area contributed by atoms with Crippen LogP contribution >= 0.6 is 7.82 Å². The summed E-state index contributed by atoms with van der Waals surface area (Å²) in [6.07, 6.45) is 78.7. The molecule has 0 spiro atoms. The number of phosphoric acid groups is 1. The van der Waals surface area contributed by atoms with Crippen molar-refractivity contribution < 1.29 is 32.9 Å². The summed E-state index contributed by atoms with van der Waals surface area (Å²) in [4.78, 5) is 25.5. The average Bonchev–Trinajstić information content (AvgIpc) is 3.37. The van der Waals surface area contributed by atoms with Crippen LogP contribution in [0.4, 0.5) is 0 Å². The number of quaternary nitrogens is 1. The van der Waals surface area contributed by atoms with E-state index in [0.29, 0.717) is 17.4 Å². The minimum Gasteiger partial charge on any atom is -0.756 e.